The van der Waals surface area contributed by atoms with Crippen molar-refractivity contribution in [3.05, 3.63) is 473 Å². The quantitative estimate of drug-likeness (QED) is 0.0790. The molecule has 23 aromatic rings. The van der Waals surface area contributed by atoms with Crippen molar-refractivity contribution in [3.63, 3.8) is 0 Å². The Morgan fingerprint density at radius 1 is 0.164 bits per heavy atom. The zero-order chi connectivity index (χ0) is 80.3. The highest BCUT2D eigenvalue weighted by Gasteiger charge is 2.42. The molecule has 4 aromatic heterocycles. The van der Waals surface area contributed by atoms with Crippen molar-refractivity contribution in [2.45, 2.75) is 7.43 Å². The molecule has 0 radical (unpaired) electrons. The topological polar surface area (TPSA) is 43.5 Å². The predicted molar refractivity (Wildman–Crippen MR) is 518 cm³/mol. The number of para-hydroxylation sites is 2. The summed E-state index contributed by atoms with van der Waals surface area (Å²) in [5.74, 6) is 0. The highest BCUT2D eigenvalue weighted by atomic mass is 28.3. The van der Waals surface area contributed by atoms with Crippen LogP contribution in [0.25, 0.3) is 177 Å². The predicted octanol–water partition coefficient (Wildman–Crippen LogP) is 27.6. The second-order valence-electron chi connectivity index (χ2n) is 31.4. The molecule has 122 heavy (non-hydrogen) atoms. The molecular weight excluding hydrogens is 1490 g/mol. The van der Waals surface area contributed by atoms with E-state index in [-0.39, 0.29) is 7.43 Å². The first kappa shape index (κ1) is 73.7. The Bertz CT molecular complexity index is 7770. The molecule has 0 aliphatic heterocycles. The van der Waals surface area contributed by atoms with Crippen LogP contribution in [0.2, 0.25) is 0 Å². The van der Waals surface area contributed by atoms with Crippen molar-refractivity contribution in [1.29, 1.82) is 5.26 Å². The van der Waals surface area contributed by atoms with Gasteiger partial charge in [0, 0.05) is 65.8 Å². The van der Waals surface area contributed by atoms with Gasteiger partial charge >= 0.3 is 0 Å². The number of hydrogen-bond donors (Lipinski definition) is 0. The van der Waals surface area contributed by atoms with E-state index in [4.69, 9.17) is 0 Å². The minimum Gasteiger partial charge on any atom is -0.309 e. The molecule has 23 rings (SSSR count). The van der Waals surface area contributed by atoms with Crippen LogP contribution in [0.4, 0.5) is 0 Å². The second-order valence-corrected chi connectivity index (χ2v) is 35.2. The highest BCUT2D eigenvalue weighted by Crippen LogP contribution is 2.43. The van der Waals surface area contributed by atoms with E-state index in [1.165, 1.54) is 147 Å². The van der Waals surface area contributed by atoms with E-state index >= 15 is 0 Å². The van der Waals surface area contributed by atoms with Gasteiger partial charge in [-0.2, -0.15) is 5.26 Å². The van der Waals surface area contributed by atoms with Gasteiger partial charge in [-0.1, -0.05) is 347 Å². The summed E-state index contributed by atoms with van der Waals surface area (Å²) in [6.45, 7) is 0. The van der Waals surface area contributed by atoms with E-state index < -0.39 is 8.07 Å². The van der Waals surface area contributed by atoms with Crippen LogP contribution < -0.4 is 20.7 Å². The van der Waals surface area contributed by atoms with E-state index in [0.29, 0.717) is 5.56 Å². The minimum atomic E-state index is -2.81. The molecular formula is C116H81N5Si. The number of nitriles is 1. The van der Waals surface area contributed by atoms with Gasteiger partial charge < -0.3 is 18.3 Å². The largest absolute Gasteiger partial charge is 0.309 e. The summed E-state index contributed by atoms with van der Waals surface area (Å²) < 4.78 is 9.52. The van der Waals surface area contributed by atoms with Gasteiger partial charge in [0.05, 0.1) is 55.8 Å². The summed E-state index contributed by atoms with van der Waals surface area (Å²) in [5.41, 5.74) is 28.7. The first-order valence-electron chi connectivity index (χ1n) is 41.4. The summed E-state index contributed by atoms with van der Waals surface area (Å²) in [5, 5.41) is 25.0. The van der Waals surface area contributed by atoms with E-state index in [1.807, 2.05) is 18.2 Å². The SMILES string of the molecule is C.N#Cc1ccc2c3cc(-c4ccc5c(c4)c4ccccc4n5-c4ccc(-c5ccccc5)cc4)ccc3n(-c3ccc(-c4ccccc4)cc3)c2c1.c1ccc(-c2ccc(-n3c4ccccc4c4cc(-c5ccc6c(c5)c5cc([Si](c7ccccc7)(c7ccccc7)c7ccccc7)ccc5n6-c5ccc(-c6ccccc6)cc5)ccc43)cc2)cc1. The fourth-order valence-electron chi connectivity index (χ4n) is 18.9. The molecule has 0 aliphatic carbocycles. The summed E-state index contributed by atoms with van der Waals surface area (Å²) in [4.78, 5) is 0. The average Bonchev–Trinajstić information content (AvgIpc) is 1.69. The highest BCUT2D eigenvalue weighted by molar-refractivity contribution is 7.20. The standard InChI is InChI=1S/C66H46N2Si.C49H31N3.CH4/c1-6-18-47(19-7-1)49-30-36-53(37-31-49)67-63-29-17-16-28-59(63)60-44-51(34-41-64(60)67)52-35-42-65-61(45-52)62-46-58(40-43-66(62)68(65)54-38-32-50(33-39-54)48-20-8-2-9-21-48)69(55-22-10-3-11-23-55,56-24-12-4-13-25-56)57-26-14-5-15-27-57;50-32-33-15-26-43-45-31-39(21-28-48(45)52(49(43)29-33)41-24-18-37(19-25-41)35-11-5-2-6-12-35)38-20-27-47-44(30-38)42-13-7-8-14-46(42)51(47)40-22-16-36(17-23-40)34-9-3-1-4-10-34;/h1-46H;1-31H;1H4. The zero-order valence-electron chi connectivity index (χ0n) is 66.2. The average molecular weight is 1570 g/mol. The molecule has 0 fully saturated rings. The third kappa shape index (κ3) is 12.8. The van der Waals surface area contributed by atoms with Gasteiger partial charge in [-0.05, 0) is 215 Å². The molecule has 574 valence electrons. The Morgan fingerprint density at radius 3 is 0.705 bits per heavy atom. The molecule has 4 heterocycles. The molecule has 0 amide bonds. The molecule has 0 saturated carbocycles. The van der Waals surface area contributed by atoms with E-state index in [9.17, 15) is 5.26 Å². The van der Waals surface area contributed by atoms with Gasteiger partial charge in [0.25, 0.3) is 0 Å². The molecule has 5 nitrogen and oxygen atoms in total. The molecule has 6 heteroatoms. The Labute approximate surface area is 710 Å². The van der Waals surface area contributed by atoms with Crippen molar-refractivity contribution < 1.29 is 0 Å². The van der Waals surface area contributed by atoms with Crippen LogP contribution in [0, 0.1) is 11.3 Å². The molecule has 0 spiro atoms. The third-order valence-corrected chi connectivity index (χ3v) is 29.4. The summed E-state index contributed by atoms with van der Waals surface area (Å²) in [6.07, 6.45) is 0. The molecule has 0 N–H and O–H groups in total. The van der Waals surface area contributed by atoms with E-state index in [0.717, 1.165) is 50.1 Å². The third-order valence-electron chi connectivity index (χ3n) is 24.7. The lowest BCUT2D eigenvalue weighted by molar-refractivity contribution is 1.18. The number of fused-ring (bicyclic) bond motifs is 12. The van der Waals surface area contributed by atoms with Gasteiger partial charge in [0.1, 0.15) is 0 Å². The fourth-order valence-corrected chi connectivity index (χ4v) is 23.7. The normalized spacial score (nSPS) is 11.5. The lowest BCUT2D eigenvalue weighted by Gasteiger charge is -2.34. The first-order chi connectivity index (χ1) is 59.9. The van der Waals surface area contributed by atoms with Crippen molar-refractivity contribution in [1.82, 2.24) is 18.3 Å². The van der Waals surface area contributed by atoms with Crippen molar-refractivity contribution in [2.75, 3.05) is 0 Å². The smallest absolute Gasteiger partial charge is 0.179 e. The number of aromatic nitrogens is 4. The zero-order valence-corrected chi connectivity index (χ0v) is 67.2. The van der Waals surface area contributed by atoms with E-state index in [1.54, 1.807) is 0 Å². The van der Waals surface area contributed by atoms with Crippen LogP contribution in [0.1, 0.15) is 13.0 Å². The van der Waals surface area contributed by atoms with Crippen molar-refractivity contribution in [2.24, 2.45) is 0 Å². The summed E-state index contributed by atoms with van der Waals surface area (Å²) in [7, 11) is -2.81. The minimum absolute atomic E-state index is 0. The monoisotopic (exact) mass is 1570 g/mol. The fraction of sp³-hybridized carbons (Fsp3) is 0.00862. The van der Waals surface area contributed by atoms with Gasteiger partial charge in [-0.25, -0.2) is 0 Å². The molecule has 0 atom stereocenters. The number of nitrogens with zero attached hydrogens (tertiary/aromatic N) is 5. The van der Waals surface area contributed by atoms with Crippen LogP contribution >= 0.6 is 0 Å². The van der Waals surface area contributed by atoms with Gasteiger partial charge in [-0.15, -0.1) is 0 Å². The lowest BCUT2D eigenvalue weighted by Crippen LogP contribution is -2.74. The van der Waals surface area contributed by atoms with Gasteiger partial charge in [0.15, 0.2) is 8.07 Å². The summed E-state index contributed by atoms with van der Waals surface area (Å²) in [6, 6.07) is 172. The Hall–Kier alpha value is -15.9. The van der Waals surface area contributed by atoms with Gasteiger partial charge in [-0.3, -0.25) is 0 Å². The molecule has 0 aliphatic rings. The maximum absolute atomic E-state index is 9.82. The van der Waals surface area contributed by atoms with Crippen LogP contribution in [0.3, 0.4) is 0 Å². The number of rotatable bonds is 14. The van der Waals surface area contributed by atoms with Crippen molar-refractivity contribution >= 4 is 116 Å². The van der Waals surface area contributed by atoms with Gasteiger partial charge in [0.2, 0.25) is 0 Å². The van der Waals surface area contributed by atoms with Crippen LogP contribution in [-0.4, -0.2) is 26.3 Å². The summed E-state index contributed by atoms with van der Waals surface area (Å²) >= 11 is 0. The lowest BCUT2D eigenvalue weighted by atomic mass is 10.0. The molecule has 0 bridgehead atoms. The van der Waals surface area contributed by atoms with E-state index in [2.05, 4.69) is 473 Å². The Balaban J connectivity index is 0.000000155. The van der Waals surface area contributed by atoms with Crippen LogP contribution in [0.5, 0.6) is 0 Å². The van der Waals surface area contributed by atoms with Crippen LogP contribution in [0.15, 0.2) is 467 Å². The second kappa shape index (κ2) is 31.2. The Kier molecular flexibility index (Phi) is 18.8. The molecule has 0 unspecified atom stereocenters. The van der Waals surface area contributed by atoms with Crippen molar-refractivity contribution in [3.8, 4) is 95.6 Å². The first-order valence-corrected chi connectivity index (χ1v) is 43.4. The molecule has 0 saturated heterocycles. The molecule has 19 aromatic carbocycles. The van der Waals surface area contributed by atoms with Crippen LogP contribution in [-0.2, 0) is 0 Å². The number of benzene rings is 19. The maximum atomic E-state index is 9.82. The Morgan fingerprint density at radius 2 is 0.393 bits per heavy atom. The maximum Gasteiger partial charge on any atom is 0.179 e. The number of hydrogen-bond acceptors (Lipinski definition) is 1.